The van der Waals surface area contributed by atoms with Crippen molar-refractivity contribution < 1.29 is 14.4 Å². The predicted molar refractivity (Wildman–Crippen MR) is 97.1 cm³/mol. The Hall–Kier alpha value is -3.20. The standard InChI is InChI=1S/C17H15N3O5S/c1-24-14-5-3-11(7-15(14)25-2)17-18-12(10-26-17)8-19-9-13(20(22)23)4-6-16(19)21/h3-7,9-10H,8H2,1-2H3. The van der Waals surface area contributed by atoms with Crippen LogP contribution in [0.3, 0.4) is 0 Å². The molecule has 26 heavy (non-hydrogen) atoms. The molecular weight excluding hydrogens is 358 g/mol. The van der Waals surface area contributed by atoms with Crippen LogP contribution in [-0.2, 0) is 6.54 Å². The summed E-state index contributed by atoms with van der Waals surface area (Å²) in [5.74, 6) is 1.22. The van der Waals surface area contributed by atoms with Crippen molar-refractivity contribution in [3.63, 3.8) is 0 Å². The van der Waals surface area contributed by atoms with Crippen LogP contribution in [0.4, 0.5) is 5.69 Å². The van der Waals surface area contributed by atoms with Crippen LogP contribution in [0.25, 0.3) is 10.6 Å². The molecule has 8 nitrogen and oxygen atoms in total. The molecule has 0 aliphatic carbocycles. The van der Waals surface area contributed by atoms with Gasteiger partial charge in [0.1, 0.15) is 5.01 Å². The Morgan fingerprint density at radius 1 is 1.19 bits per heavy atom. The summed E-state index contributed by atoms with van der Waals surface area (Å²) >= 11 is 1.41. The van der Waals surface area contributed by atoms with E-state index in [0.717, 1.165) is 10.6 Å². The van der Waals surface area contributed by atoms with E-state index in [1.165, 1.54) is 34.2 Å². The smallest absolute Gasteiger partial charge is 0.285 e. The highest BCUT2D eigenvalue weighted by atomic mass is 32.1. The molecule has 3 aromatic rings. The molecule has 0 saturated carbocycles. The second kappa shape index (κ2) is 7.36. The molecule has 0 spiro atoms. The predicted octanol–water partition coefficient (Wildman–Crippen LogP) is 2.95. The van der Waals surface area contributed by atoms with Crippen LogP contribution >= 0.6 is 11.3 Å². The third-order valence-corrected chi connectivity index (χ3v) is 4.63. The molecule has 2 aromatic heterocycles. The van der Waals surface area contributed by atoms with E-state index in [4.69, 9.17) is 9.47 Å². The highest BCUT2D eigenvalue weighted by Gasteiger charge is 2.12. The first kappa shape index (κ1) is 17.6. The zero-order chi connectivity index (χ0) is 18.7. The monoisotopic (exact) mass is 373 g/mol. The van der Waals surface area contributed by atoms with Gasteiger partial charge in [0.2, 0.25) is 0 Å². The van der Waals surface area contributed by atoms with Crippen molar-refractivity contribution >= 4 is 17.0 Å². The Morgan fingerprint density at radius 2 is 1.96 bits per heavy atom. The van der Waals surface area contributed by atoms with Gasteiger partial charge in [0.25, 0.3) is 11.2 Å². The third kappa shape index (κ3) is 3.57. The van der Waals surface area contributed by atoms with E-state index in [9.17, 15) is 14.9 Å². The lowest BCUT2D eigenvalue weighted by Gasteiger charge is -2.08. The van der Waals surface area contributed by atoms with Gasteiger partial charge >= 0.3 is 0 Å². The number of hydrogen-bond acceptors (Lipinski definition) is 7. The molecule has 0 aliphatic heterocycles. The van der Waals surface area contributed by atoms with Gasteiger partial charge in [0.05, 0.1) is 37.6 Å². The molecule has 0 unspecified atom stereocenters. The fraction of sp³-hybridized carbons (Fsp3) is 0.176. The first-order valence-electron chi connectivity index (χ1n) is 7.53. The van der Waals surface area contributed by atoms with Crippen LogP contribution in [-0.4, -0.2) is 28.7 Å². The summed E-state index contributed by atoms with van der Waals surface area (Å²) in [5.41, 5.74) is 1.03. The van der Waals surface area contributed by atoms with E-state index in [1.54, 1.807) is 20.3 Å². The molecule has 3 rings (SSSR count). The first-order valence-corrected chi connectivity index (χ1v) is 8.41. The molecular formula is C17H15N3O5S. The van der Waals surface area contributed by atoms with Crippen molar-refractivity contribution in [1.29, 1.82) is 0 Å². The largest absolute Gasteiger partial charge is 0.493 e. The van der Waals surface area contributed by atoms with Gasteiger partial charge in [0, 0.05) is 23.1 Å². The molecule has 0 fully saturated rings. The van der Waals surface area contributed by atoms with Crippen molar-refractivity contribution in [2.45, 2.75) is 6.54 Å². The lowest BCUT2D eigenvalue weighted by Crippen LogP contribution is -2.19. The second-order valence-electron chi connectivity index (χ2n) is 5.32. The Morgan fingerprint density at radius 3 is 2.65 bits per heavy atom. The van der Waals surface area contributed by atoms with Gasteiger partial charge < -0.3 is 14.0 Å². The zero-order valence-electron chi connectivity index (χ0n) is 14.0. The van der Waals surface area contributed by atoms with Crippen LogP contribution in [0.1, 0.15) is 5.69 Å². The van der Waals surface area contributed by atoms with Crippen molar-refractivity contribution in [2.24, 2.45) is 0 Å². The fourth-order valence-electron chi connectivity index (χ4n) is 2.41. The van der Waals surface area contributed by atoms with E-state index >= 15 is 0 Å². The topological polar surface area (TPSA) is 96.5 Å². The molecule has 0 atom stereocenters. The second-order valence-corrected chi connectivity index (χ2v) is 6.18. The number of nitrogens with zero attached hydrogens (tertiary/aromatic N) is 3. The average Bonchev–Trinajstić information content (AvgIpc) is 3.11. The number of pyridine rings is 1. The quantitative estimate of drug-likeness (QED) is 0.487. The first-order chi connectivity index (χ1) is 12.5. The van der Waals surface area contributed by atoms with Gasteiger partial charge in [-0.2, -0.15) is 0 Å². The molecule has 0 radical (unpaired) electrons. The normalized spacial score (nSPS) is 10.5. The number of aromatic nitrogens is 2. The molecule has 1 aromatic carbocycles. The van der Waals surface area contributed by atoms with Gasteiger partial charge in [0.15, 0.2) is 11.5 Å². The SMILES string of the molecule is COc1ccc(-c2nc(Cn3cc([N+](=O)[O-])ccc3=O)cs2)cc1OC. The molecule has 0 bridgehead atoms. The van der Waals surface area contributed by atoms with Crippen molar-refractivity contribution in [2.75, 3.05) is 14.2 Å². The van der Waals surface area contributed by atoms with E-state index in [2.05, 4.69) is 4.98 Å². The van der Waals surface area contributed by atoms with Crippen LogP contribution in [0.2, 0.25) is 0 Å². The lowest BCUT2D eigenvalue weighted by atomic mass is 10.2. The van der Waals surface area contributed by atoms with Crippen LogP contribution in [0.5, 0.6) is 11.5 Å². The van der Waals surface area contributed by atoms with Crippen molar-refractivity contribution in [1.82, 2.24) is 9.55 Å². The molecule has 0 N–H and O–H groups in total. The lowest BCUT2D eigenvalue weighted by molar-refractivity contribution is -0.385. The summed E-state index contributed by atoms with van der Waals surface area (Å²) in [5, 5.41) is 13.4. The Bertz CT molecular complexity index is 1010. The Labute approximate surface area is 152 Å². The van der Waals surface area contributed by atoms with E-state index < -0.39 is 4.92 Å². The minimum absolute atomic E-state index is 0.139. The van der Waals surface area contributed by atoms with Crippen LogP contribution < -0.4 is 15.0 Å². The zero-order valence-corrected chi connectivity index (χ0v) is 14.9. The van der Waals surface area contributed by atoms with Crippen molar-refractivity contribution in [3.05, 3.63) is 68.1 Å². The summed E-state index contributed by atoms with van der Waals surface area (Å²) in [7, 11) is 3.12. The number of hydrogen-bond donors (Lipinski definition) is 0. The molecule has 9 heteroatoms. The van der Waals surface area contributed by atoms with E-state index in [0.29, 0.717) is 17.2 Å². The van der Waals surface area contributed by atoms with Gasteiger partial charge in [-0.15, -0.1) is 11.3 Å². The van der Waals surface area contributed by atoms with Gasteiger partial charge in [-0.25, -0.2) is 4.98 Å². The number of rotatable bonds is 6. The van der Waals surface area contributed by atoms with E-state index in [-0.39, 0.29) is 17.8 Å². The molecule has 0 amide bonds. The number of thiazole rings is 1. The van der Waals surface area contributed by atoms with Gasteiger partial charge in [-0.3, -0.25) is 14.9 Å². The maximum absolute atomic E-state index is 11.9. The minimum Gasteiger partial charge on any atom is -0.493 e. The van der Waals surface area contributed by atoms with Crippen LogP contribution in [0.15, 0.2) is 46.7 Å². The highest BCUT2D eigenvalue weighted by molar-refractivity contribution is 7.13. The molecule has 2 heterocycles. The summed E-state index contributed by atoms with van der Waals surface area (Å²) in [6.07, 6.45) is 1.22. The maximum atomic E-state index is 11.9. The molecule has 134 valence electrons. The summed E-state index contributed by atoms with van der Waals surface area (Å²) < 4.78 is 11.8. The Balaban J connectivity index is 1.88. The minimum atomic E-state index is -0.536. The number of methoxy groups -OCH3 is 2. The van der Waals surface area contributed by atoms with Gasteiger partial charge in [-0.1, -0.05) is 0 Å². The maximum Gasteiger partial charge on any atom is 0.285 e. The number of benzene rings is 1. The van der Waals surface area contributed by atoms with Crippen LogP contribution in [0, 0.1) is 10.1 Å². The summed E-state index contributed by atoms with van der Waals surface area (Å²) in [4.78, 5) is 26.8. The molecule has 0 saturated heterocycles. The Kier molecular flexibility index (Phi) is 4.99. The van der Waals surface area contributed by atoms with Crippen molar-refractivity contribution in [3.8, 4) is 22.1 Å². The fourth-order valence-corrected chi connectivity index (χ4v) is 3.21. The third-order valence-electron chi connectivity index (χ3n) is 3.69. The summed E-state index contributed by atoms with van der Waals surface area (Å²) in [6, 6.07) is 7.85. The molecule has 0 aliphatic rings. The van der Waals surface area contributed by atoms with Gasteiger partial charge in [-0.05, 0) is 18.2 Å². The number of ether oxygens (including phenoxy) is 2. The highest BCUT2D eigenvalue weighted by Crippen LogP contribution is 2.33. The van der Waals surface area contributed by atoms with E-state index in [1.807, 2.05) is 17.5 Å². The average molecular weight is 373 g/mol. The number of nitro groups is 1. The summed E-state index contributed by atoms with van der Waals surface area (Å²) in [6.45, 7) is 0.157.